The van der Waals surface area contributed by atoms with Gasteiger partial charge in [0.05, 0.1) is 10.1 Å². The number of carbonyl (C=O) groups excluding carboxylic acids is 1. The molecule has 168 valence electrons. The van der Waals surface area contributed by atoms with Crippen molar-refractivity contribution in [2.75, 3.05) is 23.7 Å². The second-order valence-corrected chi connectivity index (χ2v) is 11.8. The summed E-state index contributed by atoms with van der Waals surface area (Å²) in [4.78, 5) is 12.8. The zero-order valence-corrected chi connectivity index (χ0v) is 19.8. The molecular weight excluding hydrogens is 466 g/mol. The molecule has 1 saturated heterocycles. The van der Waals surface area contributed by atoms with E-state index in [1.165, 1.54) is 39.5 Å². The van der Waals surface area contributed by atoms with Gasteiger partial charge in [0.1, 0.15) is 0 Å². The normalized spacial score (nSPS) is 15.4. The van der Waals surface area contributed by atoms with Gasteiger partial charge in [-0.15, -0.1) is 10.2 Å². The lowest BCUT2D eigenvalue weighted by Crippen LogP contribution is -2.27. The highest BCUT2D eigenvalue weighted by Crippen LogP contribution is 2.31. The summed E-state index contributed by atoms with van der Waals surface area (Å²) in [5, 5.41) is 14.5. The minimum absolute atomic E-state index is 0.196. The van der Waals surface area contributed by atoms with Crippen molar-refractivity contribution in [2.24, 2.45) is 0 Å². The molecule has 1 aliphatic rings. The van der Waals surface area contributed by atoms with Gasteiger partial charge in [-0.05, 0) is 56.2 Å². The van der Waals surface area contributed by atoms with Crippen molar-refractivity contribution in [2.45, 2.75) is 34.3 Å². The van der Waals surface area contributed by atoms with Crippen LogP contribution in [0, 0.1) is 0 Å². The molecule has 1 amide bonds. The summed E-state index contributed by atoms with van der Waals surface area (Å²) in [5.41, 5.74) is 1.47. The highest BCUT2D eigenvalue weighted by atomic mass is 32.2. The molecule has 1 aromatic heterocycles. The van der Waals surface area contributed by atoms with Gasteiger partial charge in [-0.25, -0.2) is 8.42 Å². The summed E-state index contributed by atoms with van der Waals surface area (Å²) in [7, 11) is -3.46. The van der Waals surface area contributed by atoms with Gasteiger partial charge in [0.25, 0.3) is 0 Å². The lowest BCUT2D eigenvalue weighted by Gasteiger charge is -2.16. The number of anilines is 3. The summed E-state index contributed by atoms with van der Waals surface area (Å²) >= 11 is 2.69. The van der Waals surface area contributed by atoms with E-state index in [9.17, 15) is 13.2 Å². The van der Waals surface area contributed by atoms with E-state index in [2.05, 4.69) is 20.8 Å². The first-order valence-electron chi connectivity index (χ1n) is 10.1. The monoisotopic (exact) mass is 489 g/mol. The number of thioether (sulfide) groups is 1. The predicted molar refractivity (Wildman–Crippen MR) is 128 cm³/mol. The molecule has 3 aromatic rings. The zero-order valence-electron chi connectivity index (χ0n) is 17.4. The first-order chi connectivity index (χ1) is 15.4. The van der Waals surface area contributed by atoms with E-state index in [1.807, 2.05) is 30.3 Å². The van der Waals surface area contributed by atoms with Crippen LogP contribution in [0.25, 0.3) is 0 Å². The van der Waals surface area contributed by atoms with Crippen LogP contribution in [0.1, 0.15) is 19.8 Å². The van der Waals surface area contributed by atoms with Crippen molar-refractivity contribution in [3.63, 3.8) is 0 Å². The number of hydrogen-bond donors (Lipinski definition) is 2. The number of amides is 1. The molecule has 0 saturated carbocycles. The molecule has 0 unspecified atom stereocenters. The first-order valence-corrected chi connectivity index (χ1v) is 13.3. The molecule has 2 N–H and O–H groups in total. The van der Waals surface area contributed by atoms with E-state index in [4.69, 9.17) is 0 Å². The van der Waals surface area contributed by atoms with Crippen molar-refractivity contribution >= 4 is 55.5 Å². The summed E-state index contributed by atoms with van der Waals surface area (Å²) in [6, 6.07) is 16.0. The Labute approximate surface area is 195 Å². The third-order valence-corrected chi connectivity index (χ3v) is 8.84. The average molecular weight is 490 g/mol. The lowest BCUT2D eigenvalue weighted by molar-refractivity contribution is -0.115. The summed E-state index contributed by atoms with van der Waals surface area (Å²) < 4.78 is 27.4. The van der Waals surface area contributed by atoms with Gasteiger partial charge in [0.15, 0.2) is 4.34 Å². The molecule has 0 aliphatic carbocycles. The van der Waals surface area contributed by atoms with E-state index >= 15 is 0 Å². The van der Waals surface area contributed by atoms with Gasteiger partial charge in [-0.1, -0.05) is 41.3 Å². The van der Waals surface area contributed by atoms with Crippen LogP contribution in [-0.4, -0.2) is 47.2 Å². The molecule has 8 nitrogen and oxygen atoms in total. The topological polar surface area (TPSA) is 104 Å². The van der Waals surface area contributed by atoms with E-state index in [0.717, 1.165) is 18.5 Å². The van der Waals surface area contributed by atoms with Crippen LogP contribution >= 0.6 is 23.1 Å². The number of nitrogens with zero attached hydrogens (tertiary/aromatic N) is 3. The maximum atomic E-state index is 12.6. The Kier molecular flexibility index (Phi) is 7.09. The van der Waals surface area contributed by atoms with Gasteiger partial charge in [0, 0.05) is 24.5 Å². The van der Waals surface area contributed by atoms with Gasteiger partial charge in [0.2, 0.25) is 21.1 Å². The highest BCUT2D eigenvalue weighted by molar-refractivity contribution is 8.02. The van der Waals surface area contributed by atoms with Crippen LogP contribution in [0.2, 0.25) is 0 Å². The fraction of sp³-hybridized carbons (Fsp3) is 0.286. The molecule has 0 spiro atoms. The molecule has 32 heavy (non-hydrogen) atoms. The van der Waals surface area contributed by atoms with Crippen LogP contribution in [0.3, 0.4) is 0 Å². The van der Waals surface area contributed by atoms with Gasteiger partial charge in [-0.2, -0.15) is 4.31 Å². The van der Waals surface area contributed by atoms with Crippen molar-refractivity contribution < 1.29 is 13.2 Å². The van der Waals surface area contributed by atoms with Crippen LogP contribution < -0.4 is 10.6 Å². The SMILES string of the molecule is C[C@@H](Sc1nnc(Nc2ccccc2)s1)C(=O)Nc1ccc(S(=O)(=O)N2CCCC2)cc1. The first kappa shape index (κ1) is 22.7. The number of para-hydroxylation sites is 1. The molecule has 1 aliphatic heterocycles. The van der Waals surface area contributed by atoms with E-state index in [1.54, 1.807) is 19.1 Å². The van der Waals surface area contributed by atoms with Gasteiger partial charge < -0.3 is 10.6 Å². The third-order valence-electron chi connectivity index (χ3n) is 4.90. The number of hydrogen-bond acceptors (Lipinski definition) is 8. The van der Waals surface area contributed by atoms with Crippen LogP contribution in [0.5, 0.6) is 0 Å². The Bertz CT molecular complexity index is 1160. The predicted octanol–water partition coefficient (Wildman–Crippen LogP) is 4.19. The highest BCUT2D eigenvalue weighted by Gasteiger charge is 2.27. The largest absolute Gasteiger partial charge is 0.330 e. The number of benzene rings is 2. The van der Waals surface area contributed by atoms with Crippen LogP contribution in [0.15, 0.2) is 63.8 Å². The van der Waals surface area contributed by atoms with Crippen molar-refractivity contribution in [1.82, 2.24) is 14.5 Å². The number of carbonyl (C=O) groups is 1. The summed E-state index contributed by atoms with van der Waals surface area (Å²) in [6.45, 7) is 2.91. The van der Waals surface area contributed by atoms with E-state index < -0.39 is 15.3 Å². The quantitative estimate of drug-likeness (QED) is 0.457. The minimum atomic E-state index is -3.46. The molecular formula is C21H23N5O3S3. The zero-order chi connectivity index (χ0) is 22.6. The number of rotatable bonds is 8. The molecule has 1 atom stereocenters. The molecule has 1 fully saturated rings. The fourth-order valence-corrected chi connectivity index (χ4v) is 6.62. The Morgan fingerprint density at radius 1 is 1.03 bits per heavy atom. The lowest BCUT2D eigenvalue weighted by atomic mass is 10.3. The van der Waals surface area contributed by atoms with Crippen LogP contribution in [0.4, 0.5) is 16.5 Å². The third kappa shape index (κ3) is 5.47. The van der Waals surface area contributed by atoms with E-state index in [0.29, 0.717) is 28.2 Å². The Balaban J connectivity index is 1.33. The van der Waals surface area contributed by atoms with Crippen LogP contribution in [-0.2, 0) is 14.8 Å². The molecule has 11 heteroatoms. The maximum Gasteiger partial charge on any atom is 0.243 e. The number of sulfonamides is 1. The molecule has 2 heterocycles. The minimum Gasteiger partial charge on any atom is -0.330 e. The Hall–Kier alpha value is -2.47. The molecule has 2 aromatic carbocycles. The smallest absolute Gasteiger partial charge is 0.243 e. The molecule has 0 radical (unpaired) electrons. The number of aromatic nitrogens is 2. The second kappa shape index (κ2) is 9.99. The Morgan fingerprint density at radius 3 is 2.41 bits per heavy atom. The average Bonchev–Trinajstić information content (AvgIpc) is 3.48. The fourth-order valence-electron chi connectivity index (χ4n) is 3.19. The Morgan fingerprint density at radius 2 is 1.72 bits per heavy atom. The second-order valence-electron chi connectivity index (χ2n) is 7.25. The molecule has 4 rings (SSSR count). The summed E-state index contributed by atoms with van der Waals surface area (Å²) in [6.07, 6.45) is 1.78. The standard InChI is InChI=1S/C21H23N5O3S3/c1-15(30-21-25-24-20(31-21)23-16-7-3-2-4-8-16)19(27)22-17-9-11-18(12-10-17)32(28,29)26-13-5-6-14-26/h2-4,7-12,15H,5-6,13-14H2,1H3,(H,22,27)(H,23,24)/t15-/m1/s1. The van der Waals surface area contributed by atoms with Crippen molar-refractivity contribution in [3.05, 3.63) is 54.6 Å². The molecule has 0 bridgehead atoms. The summed E-state index contributed by atoms with van der Waals surface area (Å²) in [5.74, 6) is -0.196. The van der Waals surface area contributed by atoms with Crippen molar-refractivity contribution in [1.29, 1.82) is 0 Å². The maximum absolute atomic E-state index is 12.6. The van der Waals surface area contributed by atoms with Crippen molar-refractivity contribution in [3.8, 4) is 0 Å². The van der Waals surface area contributed by atoms with E-state index in [-0.39, 0.29) is 10.8 Å². The van der Waals surface area contributed by atoms with Gasteiger partial charge in [-0.3, -0.25) is 4.79 Å². The number of nitrogens with one attached hydrogen (secondary N) is 2. The van der Waals surface area contributed by atoms with Gasteiger partial charge >= 0.3 is 0 Å².